The molecule has 0 atom stereocenters. The Morgan fingerprint density at radius 1 is 0.750 bits per heavy atom. The topological polar surface area (TPSA) is 38.7 Å². The minimum absolute atomic E-state index is 0.185. The molecule has 3 aromatic carbocycles. The van der Waals surface area contributed by atoms with Crippen molar-refractivity contribution in [2.75, 3.05) is 7.11 Å². The number of benzene rings is 3. The summed E-state index contributed by atoms with van der Waals surface area (Å²) in [6.45, 7) is 0. The predicted molar refractivity (Wildman–Crippen MR) is 94.8 cm³/mol. The molecule has 4 rings (SSSR count). The molecule has 116 valence electrons. The zero-order valence-electron chi connectivity index (χ0n) is 13.2. The van der Waals surface area contributed by atoms with Crippen molar-refractivity contribution in [1.82, 2.24) is 0 Å². The van der Waals surface area contributed by atoms with E-state index in [1.54, 1.807) is 7.11 Å². The number of rotatable bonds is 3. The summed E-state index contributed by atoms with van der Waals surface area (Å²) in [7, 11) is 1.64. The molecule has 0 saturated carbocycles. The SMILES string of the molecule is COc1ccc(-c2cccc3c2C(=O)N=C3c2ccccc2)cc1. The molecule has 3 nitrogen and oxygen atoms in total. The molecule has 0 aliphatic carbocycles. The maximum absolute atomic E-state index is 12.6. The molecule has 0 saturated heterocycles. The van der Waals surface area contributed by atoms with Crippen LogP contribution in [0.15, 0.2) is 77.8 Å². The summed E-state index contributed by atoms with van der Waals surface area (Å²) in [5.41, 5.74) is 5.13. The lowest BCUT2D eigenvalue weighted by atomic mass is 9.93. The second kappa shape index (κ2) is 5.78. The zero-order chi connectivity index (χ0) is 16.5. The molecule has 0 unspecified atom stereocenters. The maximum Gasteiger partial charge on any atom is 0.278 e. The average molecular weight is 313 g/mol. The van der Waals surface area contributed by atoms with Crippen molar-refractivity contribution < 1.29 is 9.53 Å². The Morgan fingerprint density at radius 2 is 1.46 bits per heavy atom. The molecule has 1 aliphatic heterocycles. The molecule has 1 aliphatic rings. The zero-order valence-corrected chi connectivity index (χ0v) is 13.2. The summed E-state index contributed by atoms with van der Waals surface area (Å²) in [4.78, 5) is 16.9. The number of amides is 1. The van der Waals surface area contributed by atoms with Crippen molar-refractivity contribution in [2.24, 2.45) is 4.99 Å². The molecule has 0 aromatic heterocycles. The Kier molecular flexibility index (Phi) is 3.47. The molecular formula is C21H15NO2. The number of fused-ring (bicyclic) bond motifs is 1. The second-order valence-electron chi connectivity index (χ2n) is 5.59. The Bertz CT molecular complexity index is 941. The van der Waals surface area contributed by atoms with E-state index in [-0.39, 0.29) is 5.91 Å². The van der Waals surface area contributed by atoms with Gasteiger partial charge in [-0.05, 0) is 23.3 Å². The lowest BCUT2D eigenvalue weighted by Crippen LogP contribution is -2.01. The van der Waals surface area contributed by atoms with Gasteiger partial charge in [-0.2, -0.15) is 0 Å². The van der Waals surface area contributed by atoms with E-state index in [9.17, 15) is 4.79 Å². The summed E-state index contributed by atoms with van der Waals surface area (Å²) in [5, 5.41) is 0. The van der Waals surface area contributed by atoms with Gasteiger partial charge in [-0.1, -0.05) is 60.7 Å². The van der Waals surface area contributed by atoms with Gasteiger partial charge in [0, 0.05) is 11.1 Å². The monoisotopic (exact) mass is 313 g/mol. The molecule has 0 radical (unpaired) electrons. The molecular weight excluding hydrogens is 298 g/mol. The van der Waals surface area contributed by atoms with Crippen LogP contribution in [0, 0.1) is 0 Å². The van der Waals surface area contributed by atoms with E-state index in [0.29, 0.717) is 5.56 Å². The highest BCUT2D eigenvalue weighted by Gasteiger charge is 2.27. The van der Waals surface area contributed by atoms with Gasteiger partial charge in [-0.3, -0.25) is 4.79 Å². The summed E-state index contributed by atoms with van der Waals surface area (Å²) >= 11 is 0. The fourth-order valence-corrected chi connectivity index (χ4v) is 3.02. The summed E-state index contributed by atoms with van der Waals surface area (Å²) in [6.07, 6.45) is 0. The molecule has 1 amide bonds. The molecule has 24 heavy (non-hydrogen) atoms. The van der Waals surface area contributed by atoms with E-state index in [1.165, 1.54) is 0 Å². The highest BCUT2D eigenvalue weighted by Crippen LogP contribution is 2.33. The maximum atomic E-state index is 12.6. The number of methoxy groups -OCH3 is 1. The van der Waals surface area contributed by atoms with Crippen LogP contribution in [0.3, 0.4) is 0 Å². The van der Waals surface area contributed by atoms with E-state index in [2.05, 4.69) is 4.99 Å². The molecule has 0 bridgehead atoms. The lowest BCUT2D eigenvalue weighted by Gasteiger charge is -2.09. The van der Waals surface area contributed by atoms with E-state index in [4.69, 9.17) is 4.74 Å². The van der Waals surface area contributed by atoms with Crippen molar-refractivity contribution in [2.45, 2.75) is 0 Å². The van der Waals surface area contributed by atoms with E-state index in [0.717, 1.165) is 33.7 Å². The second-order valence-corrected chi connectivity index (χ2v) is 5.59. The first-order chi connectivity index (χ1) is 11.8. The quantitative estimate of drug-likeness (QED) is 0.721. The smallest absolute Gasteiger partial charge is 0.278 e. The average Bonchev–Trinajstić information content (AvgIpc) is 3.00. The first-order valence-electron chi connectivity index (χ1n) is 7.74. The fraction of sp³-hybridized carbons (Fsp3) is 0.0476. The van der Waals surface area contributed by atoms with E-state index in [1.807, 2.05) is 72.8 Å². The predicted octanol–water partition coefficient (Wildman–Crippen LogP) is 4.35. The number of carbonyl (C=O) groups excluding carboxylic acids is 1. The summed E-state index contributed by atoms with van der Waals surface area (Å²) < 4.78 is 5.20. The van der Waals surface area contributed by atoms with Crippen molar-refractivity contribution in [3.8, 4) is 16.9 Å². The minimum atomic E-state index is -0.185. The van der Waals surface area contributed by atoms with E-state index < -0.39 is 0 Å². The Balaban J connectivity index is 1.84. The highest BCUT2D eigenvalue weighted by atomic mass is 16.5. The normalized spacial score (nSPS) is 12.7. The van der Waals surface area contributed by atoms with Gasteiger partial charge in [0.1, 0.15) is 5.75 Å². The summed E-state index contributed by atoms with van der Waals surface area (Å²) in [6, 6.07) is 23.4. The van der Waals surface area contributed by atoms with Crippen LogP contribution >= 0.6 is 0 Å². The molecule has 0 N–H and O–H groups in total. The number of nitrogens with zero attached hydrogens (tertiary/aromatic N) is 1. The van der Waals surface area contributed by atoms with Gasteiger partial charge >= 0.3 is 0 Å². The Morgan fingerprint density at radius 3 is 2.17 bits per heavy atom. The third kappa shape index (κ3) is 2.31. The van der Waals surface area contributed by atoms with Crippen LogP contribution in [-0.4, -0.2) is 18.7 Å². The van der Waals surface area contributed by atoms with Crippen molar-refractivity contribution in [3.05, 3.63) is 89.5 Å². The van der Waals surface area contributed by atoms with Crippen LogP contribution in [0.5, 0.6) is 5.75 Å². The van der Waals surface area contributed by atoms with Crippen LogP contribution in [-0.2, 0) is 0 Å². The van der Waals surface area contributed by atoms with E-state index >= 15 is 0 Å². The van der Waals surface area contributed by atoms with Crippen LogP contribution in [0.1, 0.15) is 21.5 Å². The number of ether oxygens (including phenoxy) is 1. The van der Waals surface area contributed by atoms with Crippen LogP contribution in [0.2, 0.25) is 0 Å². The van der Waals surface area contributed by atoms with Crippen molar-refractivity contribution >= 4 is 11.6 Å². The largest absolute Gasteiger partial charge is 0.497 e. The Hall–Kier alpha value is -3.20. The number of aliphatic imine (C=N–C) groups is 1. The molecule has 1 heterocycles. The van der Waals surface area contributed by atoms with Gasteiger partial charge in [0.15, 0.2) is 0 Å². The van der Waals surface area contributed by atoms with Gasteiger partial charge in [0.25, 0.3) is 5.91 Å². The molecule has 0 fully saturated rings. The molecule has 3 heteroatoms. The van der Waals surface area contributed by atoms with Crippen molar-refractivity contribution in [3.63, 3.8) is 0 Å². The van der Waals surface area contributed by atoms with Crippen molar-refractivity contribution in [1.29, 1.82) is 0 Å². The highest BCUT2D eigenvalue weighted by molar-refractivity contribution is 6.29. The minimum Gasteiger partial charge on any atom is -0.497 e. The number of carbonyl (C=O) groups is 1. The van der Waals surface area contributed by atoms with Gasteiger partial charge < -0.3 is 4.74 Å². The third-order valence-electron chi connectivity index (χ3n) is 4.20. The summed E-state index contributed by atoms with van der Waals surface area (Å²) in [5.74, 6) is 0.606. The molecule has 0 spiro atoms. The van der Waals surface area contributed by atoms with Gasteiger partial charge in [0.2, 0.25) is 0 Å². The fourth-order valence-electron chi connectivity index (χ4n) is 3.02. The first-order valence-corrected chi connectivity index (χ1v) is 7.74. The van der Waals surface area contributed by atoms with Crippen LogP contribution in [0.4, 0.5) is 0 Å². The van der Waals surface area contributed by atoms with Gasteiger partial charge in [0.05, 0.1) is 18.4 Å². The third-order valence-corrected chi connectivity index (χ3v) is 4.20. The lowest BCUT2D eigenvalue weighted by molar-refractivity contribution is 0.101. The van der Waals surface area contributed by atoms with Crippen LogP contribution in [0.25, 0.3) is 11.1 Å². The number of hydrogen-bond donors (Lipinski definition) is 0. The molecule has 3 aromatic rings. The first kappa shape index (κ1) is 14.4. The standard InChI is InChI=1S/C21H15NO2/c1-24-16-12-10-14(11-13-16)17-8-5-9-18-19(17)21(23)22-20(18)15-6-3-2-4-7-15/h2-13H,1H3. The van der Waals surface area contributed by atoms with Gasteiger partial charge in [-0.25, -0.2) is 4.99 Å². The van der Waals surface area contributed by atoms with Crippen LogP contribution < -0.4 is 4.74 Å². The van der Waals surface area contributed by atoms with Gasteiger partial charge in [-0.15, -0.1) is 0 Å². The Labute approximate surface area is 140 Å². The number of hydrogen-bond acceptors (Lipinski definition) is 2.